The molecule has 1 atom stereocenters. The molecule has 0 fully saturated rings. The van der Waals surface area contributed by atoms with Crippen molar-refractivity contribution in [2.24, 2.45) is 0 Å². The van der Waals surface area contributed by atoms with Gasteiger partial charge in [0.25, 0.3) is 5.91 Å². The molecule has 1 aliphatic rings. The third-order valence-electron chi connectivity index (χ3n) is 5.87. The summed E-state index contributed by atoms with van der Waals surface area (Å²) in [4.78, 5) is 18.7. The molecule has 2 N–H and O–H groups in total. The molecule has 4 aromatic rings. The van der Waals surface area contributed by atoms with Crippen LogP contribution in [0.5, 0.6) is 0 Å². The number of furan rings is 1. The molecule has 0 saturated carbocycles. The Bertz CT molecular complexity index is 1280. The quantitative estimate of drug-likeness (QED) is 0.343. The van der Waals surface area contributed by atoms with Crippen LogP contribution in [0.15, 0.2) is 65.3 Å². The number of nitrogens with one attached hydrogen (secondary N) is 2. The molecule has 3 heterocycles. The van der Waals surface area contributed by atoms with E-state index in [1.54, 1.807) is 35.6 Å². The number of halogens is 1. The number of carbonyl (C=O) groups excluding carboxylic acids is 1. The Morgan fingerprint density at radius 2 is 1.94 bits per heavy atom. The van der Waals surface area contributed by atoms with Gasteiger partial charge in [0.1, 0.15) is 16.6 Å². The van der Waals surface area contributed by atoms with E-state index in [-0.39, 0.29) is 17.5 Å². The number of aryl methyl sites for hydroxylation is 2. The van der Waals surface area contributed by atoms with Gasteiger partial charge in [-0.2, -0.15) is 0 Å². The zero-order valence-electron chi connectivity index (χ0n) is 18.2. The van der Waals surface area contributed by atoms with Crippen molar-refractivity contribution in [3.63, 3.8) is 0 Å². The van der Waals surface area contributed by atoms with Crippen LogP contribution in [-0.4, -0.2) is 10.9 Å². The summed E-state index contributed by atoms with van der Waals surface area (Å²) in [5.74, 6) is 0.271. The normalized spacial score (nSPS) is 13.9. The highest BCUT2D eigenvalue weighted by Crippen LogP contribution is 2.44. The van der Waals surface area contributed by atoms with E-state index < -0.39 is 6.04 Å². The fourth-order valence-corrected chi connectivity index (χ4v) is 5.67. The summed E-state index contributed by atoms with van der Waals surface area (Å²) in [7, 11) is 0. The van der Waals surface area contributed by atoms with E-state index in [4.69, 9.17) is 4.42 Å². The zero-order valence-corrected chi connectivity index (χ0v) is 19.0. The summed E-state index contributed by atoms with van der Waals surface area (Å²) in [6, 6.07) is 15.3. The molecular weight excluding hydrogens is 437 g/mol. The van der Waals surface area contributed by atoms with Crippen LogP contribution in [0, 0.1) is 12.7 Å². The number of fused-ring (bicyclic) bond motifs is 1. The number of aromatic nitrogens is 1. The molecule has 0 spiro atoms. The lowest BCUT2D eigenvalue weighted by molar-refractivity contribution is 0.0997. The molecular formula is C26H24FN3O2S. The minimum atomic E-state index is -0.509. The highest BCUT2D eigenvalue weighted by atomic mass is 32.1. The van der Waals surface area contributed by atoms with E-state index in [2.05, 4.69) is 15.6 Å². The van der Waals surface area contributed by atoms with Gasteiger partial charge in [0.2, 0.25) is 0 Å². The number of pyridine rings is 1. The predicted molar refractivity (Wildman–Crippen MR) is 128 cm³/mol. The molecule has 0 saturated heterocycles. The Hall–Kier alpha value is -3.45. The molecule has 1 amide bonds. The van der Waals surface area contributed by atoms with Crippen LogP contribution in [0.25, 0.3) is 0 Å². The van der Waals surface area contributed by atoms with E-state index in [0.29, 0.717) is 11.4 Å². The Labute approximate surface area is 195 Å². The summed E-state index contributed by atoms with van der Waals surface area (Å²) in [6.07, 6.45) is 5.50. The van der Waals surface area contributed by atoms with Crippen molar-refractivity contribution >= 4 is 28.1 Å². The Balaban J connectivity index is 1.63. The first-order chi connectivity index (χ1) is 16.1. The Morgan fingerprint density at radius 1 is 1.09 bits per heavy atom. The second kappa shape index (κ2) is 9.19. The molecule has 33 heavy (non-hydrogen) atoms. The predicted octanol–water partition coefficient (Wildman–Crippen LogP) is 6.52. The van der Waals surface area contributed by atoms with Crippen molar-refractivity contribution in [2.75, 3.05) is 10.6 Å². The maximum Gasteiger partial charge on any atom is 0.291 e. The standard InChI is InChI=1S/C26H24FN3O2S/c1-16-8-6-14-22(28-16)29-24(17-9-2-4-11-19(17)27)23-18-10-3-5-13-21(18)33-26(23)30-25(31)20-12-7-15-32-20/h2,4,6-9,11-12,14-15,24H,3,5,10,13H2,1H3,(H,28,29)(H,30,31)/t24-/m1/s1. The highest BCUT2D eigenvalue weighted by molar-refractivity contribution is 7.16. The summed E-state index contributed by atoms with van der Waals surface area (Å²) in [5, 5.41) is 7.22. The average Bonchev–Trinajstić information content (AvgIpc) is 3.46. The van der Waals surface area contributed by atoms with Gasteiger partial charge in [0.05, 0.1) is 12.3 Å². The number of thiophene rings is 1. The first-order valence-corrected chi connectivity index (χ1v) is 11.9. The molecule has 0 aliphatic heterocycles. The first-order valence-electron chi connectivity index (χ1n) is 11.0. The second-order valence-corrected chi connectivity index (χ2v) is 9.25. The number of benzene rings is 1. The molecule has 7 heteroatoms. The molecule has 168 valence electrons. The summed E-state index contributed by atoms with van der Waals surface area (Å²) in [6.45, 7) is 1.92. The molecule has 0 radical (unpaired) electrons. The highest BCUT2D eigenvalue weighted by Gasteiger charge is 2.30. The van der Waals surface area contributed by atoms with Crippen molar-refractivity contribution in [3.05, 3.63) is 99.7 Å². The number of rotatable bonds is 6. The van der Waals surface area contributed by atoms with Crippen LogP contribution in [0.2, 0.25) is 0 Å². The van der Waals surface area contributed by atoms with Gasteiger partial charge in [0, 0.05) is 21.7 Å². The summed E-state index contributed by atoms with van der Waals surface area (Å²) >= 11 is 1.57. The average molecular weight is 462 g/mol. The fourth-order valence-electron chi connectivity index (χ4n) is 4.35. The number of anilines is 2. The van der Waals surface area contributed by atoms with Gasteiger partial charge in [-0.3, -0.25) is 4.79 Å². The minimum Gasteiger partial charge on any atom is -0.459 e. The maximum atomic E-state index is 15.1. The van der Waals surface area contributed by atoms with Gasteiger partial charge >= 0.3 is 0 Å². The molecule has 0 unspecified atom stereocenters. The molecule has 5 rings (SSSR count). The van der Waals surface area contributed by atoms with Crippen molar-refractivity contribution in [1.82, 2.24) is 4.98 Å². The number of amides is 1. The van der Waals surface area contributed by atoms with Crippen molar-refractivity contribution < 1.29 is 13.6 Å². The molecule has 1 aliphatic carbocycles. The maximum absolute atomic E-state index is 15.1. The second-order valence-electron chi connectivity index (χ2n) is 8.15. The Morgan fingerprint density at radius 3 is 2.73 bits per heavy atom. The molecule has 0 bridgehead atoms. The van der Waals surface area contributed by atoms with Crippen molar-refractivity contribution in [1.29, 1.82) is 0 Å². The van der Waals surface area contributed by atoms with E-state index in [9.17, 15) is 4.79 Å². The lowest BCUT2D eigenvalue weighted by Gasteiger charge is -2.24. The van der Waals surface area contributed by atoms with E-state index >= 15 is 4.39 Å². The van der Waals surface area contributed by atoms with Crippen LogP contribution in [-0.2, 0) is 12.8 Å². The fraction of sp³-hybridized carbons (Fsp3) is 0.231. The summed E-state index contributed by atoms with van der Waals surface area (Å²) < 4.78 is 20.4. The number of hydrogen-bond acceptors (Lipinski definition) is 5. The van der Waals surface area contributed by atoms with Gasteiger partial charge in [-0.1, -0.05) is 24.3 Å². The topological polar surface area (TPSA) is 67.2 Å². The largest absolute Gasteiger partial charge is 0.459 e. The van der Waals surface area contributed by atoms with Crippen LogP contribution < -0.4 is 10.6 Å². The number of carbonyl (C=O) groups is 1. The molecule has 5 nitrogen and oxygen atoms in total. The molecule has 3 aromatic heterocycles. The summed E-state index contributed by atoms with van der Waals surface area (Å²) in [5.41, 5.74) is 3.48. The van der Waals surface area contributed by atoms with Gasteiger partial charge < -0.3 is 15.1 Å². The van der Waals surface area contributed by atoms with Gasteiger partial charge in [0.15, 0.2) is 5.76 Å². The lowest BCUT2D eigenvalue weighted by Crippen LogP contribution is -2.19. The zero-order chi connectivity index (χ0) is 22.8. The van der Waals surface area contributed by atoms with E-state index in [0.717, 1.165) is 41.9 Å². The molecule has 1 aromatic carbocycles. The first kappa shape index (κ1) is 21.4. The number of nitrogens with zero attached hydrogens (tertiary/aromatic N) is 1. The van der Waals surface area contributed by atoms with E-state index in [1.807, 2.05) is 31.2 Å². The van der Waals surface area contributed by atoms with Gasteiger partial charge in [-0.25, -0.2) is 9.37 Å². The van der Waals surface area contributed by atoms with Crippen molar-refractivity contribution in [3.8, 4) is 0 Å². The lowest BCUT2D eigenvalue weighted by atomic mass is 9.89. The van der Waals surface area contributed by atoms with E-state index in [1.165, 1.54) is 22.8 Å². The minimum absolute atomic E-state index is 0.239. The van der Waals surface area contributed by atoms with Crippen LogP contribution in [0.4, 0.5) is 15.2 Å². The van der Waals surface area contributed by atoms with Gasteiger partial charge in [-0.05, 0) is 68.5 Å². The van der Waals surface area contributed by atoms with Crippen molar-refractivity contribution in [2.45, 2.75) is 38.6 Å². The third kappa shape index (κ3) is 4.41. The van der Waals surface area contributed by atoms with Gasteiger partial charge in [-0.15, -0.1) is 11.3 Å². The third-order valence-corrected chi connectivity index (χ3v) is 7.09. The monoisotopic (exact) mass is 461 g/mol. The van der Waals surface area contributed by atoms with Crippen LogP contribution in [0.1, 0.15) is 56.7 Å². The van der Waals surface area contributed by atoms with Crippen LogP contribution >= 0.6 is 11.3 Å². The smallest absolute Gasteiger partial charge is 0.291 e. The SMILES string of the molecule is Cc1cccc(N[C@H](c2ccccc2F)c2c(NC(=O)c3ccco3)sc3c2CCCC3)n1. The number of hydrogen-bond donors (Lipinski definition) is 2. The van der Waals surface area contributed by atoms with Crippen LogP contribution in [0.3, 0.4) is 0 Å². The Kier molecular flexibility index (Phi) is 5.96.